The van der Waals surface area contributed by atoms with E-state index in [-0.39, 0.29) is 12.2 Å². The van der Waals surface area contributed by atoms with Crippen LogP contribution in [-0.4, -0.2) is 25.5 Å². The molecule has 28 heavy (non-hydrogen) atoms. The first-order valence-electron chi connectivity index (χ1n) is 8.18. The number of carbonyl (C=O) groups is 2. The van der Waals surface area contributed by atoms with E-state index in [9.17, 15) is 9.59 Å². The van der Waals surface area contributed by atoms with Gasteiger partial charge in [-0.2, -0.15) is 0 Å². The maximum atomic E-state index is 12.7. The molecule has 2 amide bonds. The van der Waals surface area contributed by atoms with E-state index in [0.717, 1.165) is 4.47 Å². The van der Waals surface area contributed by atoms with Crippen molar-refractivity contribution in [2.75, 3.05) is 18.7 Å². The summed E-state index contributed by atoms with van der Waals surface area (Å²) in [5.41, 5.74) is 3.62. The third-order valence-electron chi connectivity index (χ3n) is 3.88. The summed E-state index contributed by atoms with van der Waals surface area (Å²) in [6.07, 6.45) is 3.05. The van der Waals surface area contributed by atoms with Crippen molar-refractivity contribution in [1.29, 1.82) is 0 Å². The number of methoxy groups -OCH3 is 1. The van der Waals surface area contributed by atoms with Gasteiger partial charge in [0.15, 0.2) is 11.5 Å². The zero-order valence-electron chi connectivity index (χ0n) is 14.9. The molecule has 3 rings (SSSR count). The highest BCUT2D eigenvalue weighted by Gasteiger charge is 2.34. The third-order valence-corrected chi connectivity index (χ3v) is 4.69. The van der Waals surface area contributed by atoms with E-state index < -0.39 is 11.8 Å². The van der Waals surface area contributed by atoms with Gasteiger partial charge in [-0.1, -0.05) is 40.2 Å². The second-order valence-corrected chi connectivity index (χ2v) is 7.07. The zero-order chi connectivity index (χ0) is 20.3. The minimum absolute atomic E-state index is 0.0131. The summed E-state index contributed by atoms with van der Waals surface area (Å²) < 4.78 is 11.7. The van der Waals surface area contributed by atoms with Crippen LogP contribution in [0.15, 0.2) is 59.1 Å². The smallest absolute Gasteiger partial charge is 0.282 e. The first kappa shape index (κ1) is 20.0. The average molecular weight is 464 g/mol. The molecule has 0 aliphatic carbocycles. The van der Waals surface area contributed by atoms with Crippen LogP contribution in [0.4, 0.5) is 5.69 Å². The van der Waals surface area contributed by atoms with Crippen LogP contribution < -0.4 is 19.9 Å². The maximum absolute atomic E-state index is 12.7. The number of benzene rings is 2. The van der Waals surface area contributed by atoms with Crippen molar-refractivity contribution in [2.24, 2.45) is 0 Å². The molecular formula is C20H16BrClN2O4. The van der Waals surface area contributed by atoms with E-state index >= 15 is 0 Å². The Morgan fingerprint density at radius 3 is 2.61 bits per heavy atom. The topological polar surface area (TPSA) is 67.9 Å². The molecule has 6 nitrogen and oxygen atoms in total. The van der Waals surface area contributed by atoms with E-state index in [1.165, 1.54) is 18.2 Å². The van der Waals surface area contributed by atoms with Crippen LogP contribution in [-0.2, 0) is 9.59 Å². The van der Waals surface area contributed by atoms with Gasteiger partial charge in [0.1, 0.15) is 12.2 Å². The summed E-state index contributed by atoms with van der Waals surface area (Å²) in [4.78, 5) is 25.1. The van der Waals surface area contributed by atoms with Crippen molar-refractivity contribution in [3.05, 3.63) is 69.7 Å². The normalized spacial score (nSPS) is 15.0. The molecule has 0 spiro atoms. The molecule has 1 saturated heterocycles. The summed E-state index contributed by atoms with van der Waals surface area (Å²) >= 11 is 9.61. The Balaban J connectivity index is 1.93. The number of anilines is 1. The molecule has 144 valence electrons. The molecule has 0 bridgehead atoms. The Morgan fingerprint density at radius 1 is 1.25 bits per heavy atom. The summed E-state index contributed by atoms with van der Waals surface area (Å²) in [6, 6.07) is 10.2. The molecule has 1 N–H and O–H groups in total. The van der Waals surface area contributed by atoms with Crippen LogP contribution in [0.5, 0.6) is 11.5 Å². The van der Waals surface area contributed by atoms with Crippen molar-refractivity contribution in [2.45, 2.75) is 0 Å². The number of hydrazine groups is 1. The van der Waals surface area contributed by atoms with E-state index in [1.54, 1.807) is 42.5 Å². The van der Waals surface area contributed by atoms with Crippen molar-refractivity contribution < 1.29 is 19.1 Å². The first-order chi connectivity index (χ1) is 13.4. The SMILES string of the molecule is C=CCOc1c(Cl)cc(C=C2C(=O)NN(c3ccc(Br)cc3)C2=O)cc1OC. The molecule has 8 heteroatoms. The molecular weight excluding hydrogens is 448 g/mol. The molecule has 0 radical (unpaired) electrons. The molecule has 0 saturated carbocycles. The summed E-state index contributed by atoms with van der Waals surface area (Å²) in [7, 11) is 1.48. The molecule has 1 fully saturated rings. The van der Waals surface area contributed by atoms with Gasteiger partial charge in [-0.3, -0.25) is 15.0 Å². The molecule has 0 aromatic heterocycles. The Kier molecular flexibility index (Phi) is 6.06. The molecule has 0 unspecified atom stereocenters. The number of hydrogen-bond acceptors (Lipinski definition) is 4. The van der Waals surface area contributed by atoms with Crippen molar-refractivity contribution >= 4 is 51.1 Å². The van der Waals surface area contributed by atoms with Gasteiger partial charge in [0, 0.05) is 4.47 Å². The maximum Gasteiger partial charge on any atom is 0.282 e. The Bertz CT molecular complexity index is 973. The standard InChI is InChI=1S/C20H16BrClN2O4/c1-3-8-28-18-16(22)10-12(11-17(18)27-2)9-15-19(25)23-24(20(15)26)14-6-4-13(21)5-7-14/h3-7,9-11H,1,8H2,2H3,(H,23,25). The van der Waals surface area contributed by atoms with Crippen molar-refractivity contribution in [3.8, 4) is 11.5 Å². The molecule has 2 aromatic rings. The Hall–Kier alpha value is -2.77. The van der Waals surface area contributed by atoms with E-state index in [1.807, 2.05) is 0 Å². The molecule has 1 heterocycles. The lowest BCUT2D eigenvalue weighted by Gasteiger charge is -2.14. The minimum atomic E-state index is -0.505. The lowest BCUT2D eigenvalue weighted by molar-refractivity contribution is -0.117. The van der Waals surface area contributed by atoms with Gasteiger partial charge < -0.3 is 9.47 Å². The number of nitrogens with one attached hydrogen (secondary N) is 1. The molecule has 0 atom stereocenters. The zero-order valence-corrected chi connectivity index (χ0v) is 17.2. The van der Waals surface area contributed by atoms with Crippen LogP contribution in [0.2, 0.25) is 5.02 Å². The Morgan fingerprint density at radius 2 is 1.96 bits per heavy atom. The van der Waals surface area contributed by atoms with Crippen LogP contribution >= 0.6 is 27.5 Å². The van der Waals surface area contributed by atoms with Gasteiger partial charge in [0.05, 0.1) is 17.8 Å². The molecule has 1 aliphatic heterocycles. The highest BCUT2D eigenvalue weighted by Crippen LogP contribution is 2.37. The number of nitrogens with zero attached hydrogens (tertiary/aromatic N) is 1. The number of ether oxygens (including phenoxy) is 2. The van der Waals surface area contributed by atoms with Gasteiger partial charge in [0.2, 0.25) is 0 Å². The van der Waals surface area contributed by atoms with E-state index in [4.69, 9.17) is 21.1 Å². The van der Waals surface area contributed by atoms with Gasteiger partial charge >= 0.3 is 0 Å². The summed E-state index contributed by atoms with van der Waals surface area (Å²) in [5, 5.41) is 1.49. The van der Waals surface area contributed by atoms with Crippen molar-refractivity contribution in [3.63, 3.8) is 0 Å². The van der Waals surface area contributed by atoms with Gasteiger partial charge in [-0.15, -0.1) is 0 Å². The van der Waals surface area contributed by atoms with Crippen LogP contribution in [0, 0.1) is 0 Å². The van der Waals surface area contributed by atoms with Gasteiger partial charge in [-0.25, -0.2) is 5.01 Å². The fraction of sp³-hybridized carbons (Fsp3) is 0.100. The summed E-state index contributed by atoms with van der Waals surface area (Å²) in [6.45, 7) is 3.86. The highest BCUT2D eigenvalue weighted by molar-refractivity contribution is 9.10. The third kappa shape index (κ3) is 4.05. The monoisotopic (exact) mass is 462 g/mol. The number of hydrogen-bond donors (Lipinski definition) is 1. The lowest BCUT2D eigenvalue weighted by Crippen LogP contribution is -2.35. The molecule has 2 aromatic carbocycles. The van der Waals surface area contributed by atoms with Crippen LogP contribution in [0.3, 0.4) is 0 Å². The van der Waals surface area contributed by atoms with Gasteiger partial charge in [0.25, 0.3) is 11.8 Å². The van der Waals surface area contributed by atoms with Gasteiger partial charge in [-0.05, 0) is 48.0 Å². The van der Waals surface area contributed by atoms with Crippen molar-refractivity contribution in [1.82, 2.24) is 5.43 Å². The van der Waals surface area contributed by atoms with Crippen LogP contribution in [0.25, 0.3) is 6.08 Å². The number of amides is 2. The second kappa shape index (κ2) is 8.50. The summed E-state index contributed by atoms with van der Waals surface area (Å²) in [5.74, 6) is -0.217. The highest BCUT2D eigenvalue weighted by atomic mass is 79.9. The predicted octanol–water partition coefficient (Wildman–Crippen LogP) is 4.14. The minimum Gasteiger partial charge on any atom is -0.493 e. The van der Waals surface area contributed by atoms with E-state index in [2.05, 4.69) is 27.9 Å². The second-order valence-electron chi connectivity index (χ2n) is 5.75. The number of rotatable bonds is 6. The lowest BCUT2D eigenvalue weighted by atomic mass is 10.1. The number of carbonyl (C=O) groups excluding carboxylic acids is 2. The van der Waals surface area contributed by atoms with E-state index in [0.29, 0.717) is 27.8 Å². The van der Waals surface area contributed by atoms with Crippen LogP contribution in [0.1, 0.15) is 5.56 Å². The quantitative estimate of drug-likeness (QED) is 0.397. The largest absolute Gasteiger partial charge is 0.493 e. The number of halogens is 2. The fourth-order valence-corrected chi connectivity index (χ4v) is 3.14. The fourth-order valence-electron chi connectivity index (χ4n) is 2.60. The predicted molar refractivity (Wildman–Crippen MR) is 111 cm³/mol. The average Bonchev–Trinajstić information content (AvgIpc) is 2.95. The first-order valence-corrected chi connectivity index (χ1v) is 9.35. The Labute approximate surface area is 175 Å². The molecule has 1 aliphatic rings.